The second kappa shape index (κ2) is 4.28. The molecule has 1 fully saturated rings. The number of alkyl halides is 1. The van der Waals surface area contributed by atoms with Gasteiger partial charge >= 0.3 is 0 Å². The first-order valence-corrected chi connectivity index (χ1v) is 6.53. The largest absolute Gasteiger partial charge is 0.312 e. The summed E-state index contributed by atoms with van der Waals surface area (Å²) in [4.78, 5) is 13.8. The zero-order valence-electron chi connectivity index (χ0n) is 10.1. The van der Waals surface area contributed by atoms with Gasteiger partial charge in [0.15, 0.2) is 0 Å². The van der Waals surface area contributed by atoms with Crippen LogP contribution in [0.4, 0.5) is 5.69 Å². The number of anilines is 1. The number of halogens is 1. The molecule has 2 heterocycles. The second-order valence-electron chi connectivity index (χ2n) is 4.78. The van der Waals surface area contributed by atoms with Gasteiger partial charge in [-0.2, -0.15) is 5.10 Å². The van der Waals surface area contributed by atoms with Gasteiger partial charge in [-0.25, -0.2) is 0 Å². The summed E-state index contributed by atoms with van der Waals surface area (Å²) in [7, 11) is 0. The fourth-order valence-corrected chi connectivity index (χ4v) is 2.64. The number of aromatic amines is 1. The molecule has 0 aliphatic carbocycles. The van der Waals surface area contributed by atoms with Gasteiger partial charge in [-0.05, 0) is 31.0 Å². The fourth-order valence-electron chi connectivity index (χ4n) is 2.43. The molecule has 1 saturated heterocycles. The zero-order chi connectivity index (χ0) is 12.7. The van der Waals surface area contributed by atoms with E-state index in [0.29, 0.717) is 18.8 Å². The summed E-state index contributed by atoms with van der Waals surface area (Å²) in [5.74, 6) is 0.955. The number of fused-ring (bicyclic) bond motifs is 1. The fraction of sp³-hybridized carbons (Fsp3) is 0.385. The van der Waals surface area contributed by atoms with Crippen molar-refractivity contribution in [2.75, 3.05) is 17.3 Å². The van der Waals surface area contributed by atoms with Crippen LogP contribution in [0.2, 0.25) is 0 Å². The molecule has 0 spiro atoms. The Bertz CT molecular complexity index is 607. The van der Waals surface area contributed by atoms with E-state index in [1.807, 2.05) is 30.0 Å². The van der Waals surface area contributed by atoms with Crippen molar-refractivity contribution in [3.63, 3.8) is 0 Å². The van der Waals surface area contributed by atoms with E-state index in [0.717, 1.165) is 22.3 Å². The Morgan fingerprint density at radius 1 is 1.56 bits per heavy atom. The number of aryl methyl sites for hydroxylation is 1. The van der Waals surface area contributed by atoms with Crippen LogP contribution in [-0.2, 0) is 4.79 Å². The van der Waals surface area contributed by atoms with Crippen molar-refractivity contribution in [3.05, 3.63) is 23.9 Å². The summed E-state index contributed by atoms with van der Waals surface area (Å²) in [6.45, 7) is 2.69. The third-order valence-electron chi connectivity index (χ3n) is 3.46. The lowest BCUT2D eigenvalue weighted by Crippen LogP contribution is -2.24. The first-order valence-electron chi connectivity index (χ1n) is 6.00. The number of benzene rings is 1. The molecule has 3 rings (SSSR count). The standard InChI is InChI=1S/C13H14ClN3O/c1-8-11-5-10(2-3-12(11)16-15-8)17-7-9(6-14)4-13(17)18/h2-3,5,9H,4,6-7H2,1H3,(H,15,16). The van der Waals surface area contributed by atoms with Gasteiger partial charge in [0.1, 0.15) is 0 Å². The zero-order valence-corrected chi connectivity index (χ0v) is 10.9. The minimum absolute atomic E-state index is 0.154. The van der Waals surface area contributed by atoms with E-state index in [4.69, 9.17) is 11.6 Å². The summed E-state index contributed by atoms with van der Waals surface area (Å²) in [5, 5.41) is 8.20. The van der Waals surface area contributed by atoms with Gasteiger partial charge in [-0.15, -0.1) is 11.6 Å². The highest BCUT2D eigenvalue weighted by Crippen LogP contribution is 2.28. The topological polar surface area (TPSA) is 49.0 Å². The highest BCUT2D eigenvalue weighted by Gasteiger charge is 2.30. The first kappa shape index (κ1) is 11.5. The molecule has 1 atom stereocenters. The van der Waals surface area contributed by atoms with Gasteiger partial charge in [0.2, 0.25) is 5.91 Å². The Morgan fingerprint density at radius 3 is 3.11 bits per heavy atom. The van der Waals surface area contributed by atoms with Gasteiger partial charge in [0.05, 0.1) is 5.52 Å². The lowest BCUT2D eigenvalue weighted by molar-refractivity contribution is -0.117. The van der Waals surface area contributed by atoms with Crippen LogP contribution in [0, 0.1) is 12.8 Å². The Labute approximate surface area is 110 Å². The molecule has 94 valence electrons. The highest BCUT2D eigenvalue weighted by atomic mass is 35.5. The van der Waals surface area contributed by atoms with Crippen molar-refractivity contribution in [1.82, 2.24) is 10.2 Å². The van der Waals surface area contributed by atoms with Gasteiger partial charge in [-0.1, -0.05) is 0 Å². The lowest BCUT2D eigenvalue weighted by Gasteiger charge is -2.16. The predicted octanol–water partition coefficient (Wildman–Crippen LogP) is 2.46. The van der Waals surface area contributed by atoms with Crippen molar-refractivity contribution >= 4 is 34.1 Å². The molecule has 1 N–H and O–H groups in total. The number of carbonyl (C=O) groups is 1. The van der Waals surface area contributed by atoms with Crippen LogP contribution in [0.25, 0.3) is 10.9 Å². The van der Waals surface area contributed by atoms with Crippen LogP contribution in [0.15, 0.2) is 18.2 Å². The van der Waals surface area contributed by atoms with Gasteiger partial charge < -0.3 is 4.90 Å². The van der Waals surface area contributed by atoms with Crippen LogP contribution in [0.5, 0.6) is 0 Å². The molecule has 0 saturated carbocycles. The lowest BCUT2D eigenvalue weighted by atomic mass is 10.1. The van der Waals surface area contributed by atoms with Crippen LogP contribution < -0.4 is 4.90 Å². The molecule has 1 unspecified atom stereocenters. The molecule has 2 aromatic rings. The molecular formula is C13H14ClN3O. The van der Waals surface area contributed by atoms with Crippen molar-refractivity contribution in [1.29, 1.82) is 0 Å². The van der Waals surface area contributed by atoms with E-state index < -0.39 is 0 Å². The Kier molecular flexibility index (Phi) is 2.74. The molecule has 18 heavy (non-hydrogen) atoms. The number of aromatic nitrogens is 2. The predicted molar refractivity (Wildman–Crippen MR) is 72.0 cm³/mol. The van der Waals surface area contributed by atoms with Crippen LogP contribution in [0.3, 0.4) is 0 Å². The first-order chi connectivity index (χ1) is 8.69. The quantitative estimate of drug-likeness (QED) is 0.846. The van der Waals surface area contributed by atoms with Crippen molar-refractivity contribution in [3.8, 4) is 0 Å². The van der Waals surface area contributed by atoms with Crippen molar-refractivity contribution < 1.29 is 4.79 Å². The number of H-pyrrole nitrogens is 1. The van der Waals surface area contributed by atoms with E-state index in [-0.39, 0.29) is 11.8 Å². The number of hydrogen-bond donors (Lipinski definition) is 1. The maximum absolute atomic E-state index is 11.9. The molecule has 1 amide bonds. The van der Waals surface area contributed by atoms with Gasteiger partial charge in [0, 0.05) is 35.6 Å². The number of nitrogens with one attached hydrogen (secondary N) is 1. The number of hydrogen-bond acceptors (Lipinski definition) is 2. The summed E-state index contributed by atoms with van der Waals surface area (Å²) in [6.07, 6.45) is 0.548. The minimum Gasteiger partial charge on any atom is -0.312 e. The summed E-state index contributed by atoms with van der Waals surface area (Å²) in [5.41, 5.74) is 2.88. The molecule has 0 radical (unpaired) electrons. The third kappa shape index (κ3) is 1.77. The number of rotatable bonds is 2. The average Bonchev–Trinajstić information content (AvgIpc) is 2.93. The Hall–Kier alpha value is -1.55. The van der Waals surface area contributed by atoms with Crippen LogP contribution in [-0.4, -0.2) is 28.5 Å². The number of amides is 1. The Balaban J connectivity index is 1.99. The van der Waals surface area contributed by atoms with Crippen LogP contribution >= 0.6 is 11.6 Å². The third-order valence-corrected chi connectivity index (χ3v) is 3.90. The van der Waals surface area contributed by atoms with Gasteiger partial charge in [0.25, 0.3) is 0 Å². The number of nitrogens with zero attached hydrogens (tertiary/aromatic N) is 2. The molecular weight excluding hydrogens is 250 g/mol. The molecule has 1 aromatic heterocycles. The smallest absolute Gasteiger partial charge is 0.227 e. The molecule has 1 aliphatic rings. The summed E-state index contributed by atoms with van der Waals surface area (Å²) in [6, 6.07) is 5.90. The van der Waals surface area contributed by atoms with E-state index in [2.05, 4.69) is 10.2 Å². The minimum atomic E-state index is 0.154. The normalized spacial score (nSPS) is 20.0. The SMILES string of the molecule is Cc1[nH]nc2ccc(N3CC(CCl)CC3=O)cc12. The summed E-state index contributed by atoms with van der Waals surface area (Å²) < 4.78 is 0. The average molecular weight is 264 g/mol. The van der Waals surface area contributed by atoms with Crippen molar-refractivity contribution in [2.45, 2.75) is 13.3 Å². The Morgan fingerprint density at radius 2 is 2.39 bits per heavy atom. The molecule has 1 aromatic carbocycles. The summed E-state index contributed by atoms with van der Waals surface area (Å²) >= 11 is 5.83. The van der Waals surface area contributed by atoms with Crippen LogP contribution in [0.1, 0.15) is 12.1 Å². The molecule has 4 nitrogen and oxygen atoms in total. The van der Waals surface area contributed by atoms with E-state index in [1.54, 1.807) is 0 Å². The van der Waals surface area contributed by atoms with E-state index in [1.165, 1.54) is 0 Å². The number of carbonyl (C=O) groups excluding carboxylic acids is 1. The molecule has 1 aliphatic heterocycles. The molecule has 5 heteroatoms. The second-order valence-corrected chi connectivity index (χ2v) is 5.09. The maximum atomic E-state index is 11.9. The van der Waals surface area contributed by atoms with Gasteiger partial charge in [-0.3, -0.25) is 9.89 Å². The molecule has 0 bridgehead atoms. The maximum Gasteiger partial charge on any atom is 0.227 e. The van der Waals surface area contributed by atoms with E-state index in [9.17, 15) is 4.79 Å². The van der Waals surface area contributed by atoms with E-state index >= 15 is 0 Å². The van der Waals surface area contributed by atoms with Crippen molar-refractivity contribution in [2.24, 2.45) is 5.92 Å². The monoisotopic (exact) mass is 263 g/mol. The highest BCUT2D eigenvalue weighted by molar-refractivity contribution is 6.18.